The minimum Gasteiger partial charge on any atom is -0.356 e. The minimum absolute atomic E-state index is 0. The number of hydrogen-bond acceptors (Lipinski definition) is 4. The van der Waals surface area contributed by atoms with Gasteiger partial charge >= 0.3 is 6.18 Å². The Morgan fingerprint density at radius 2 is 1.73 bits per heavy atom. The molecule has 0 amide bonds. The molecular formula is C14H29F3IN5O2S. The molecule has 0 atom stereocenters. The van der Waals surface area contributed by atoms with Crippen LogP contribution in [0.5, 0.6) is 0 Å². The number of rotatable bonds is 8. The van der Waals surface area contributed by atoms with Crippen LogP contribution in [0.1, 0.15) is 19.3 Å². The smallest absolute Gasteiger partial charge is 0.356 e. The molecule has 0 aromatic carbocycles. The van der Waals surface area contributed by atoms with E-state index in [0.717, 1.165) is 25.5 Å². The molecule has 1 fully saturated rings. The van der Waals surface area contributed by atoms with Crippen molar-refractivity contribution in [2.75, 3.05) is 52.6 Å². The summed E-state index contributed by atoms with van der Waals surface area (Å²) < 4.78 is 61.3. The molecule has 0 aromatic heterocycles. The molecule has 156 valence electrons. The van der Waals surface area contributed by atoms with E-state index in [1.54, 1.807) is 7.05 Å². The van der Waals surface area contributed by atoms with E-state index in [1.807, 2.05) is 0 Å². The van der Waals surface area contributed by atoms with Crippen LogP contribution in [0.4, 0.5) is 13.2 Å². The maximum Gasteiger partial charge on any atom is 0.401 e. The Hall–Kier alpha value is -0.340. The summed E-state index contributed by atoms with van der Waals surface area (Å²) in [7, 11) is -1.58. The number of aliphatic imine (C=N–C) groups is 1. The number of hydrogen-bond donors (Lipinski definition) is 3. The fraction of sp³-hybridized carbons (Fsp3) is 0.929. The van der Waals surface area contributed by atoms with Crippen LogP contribution >= 0.6 is 24.0 Å². The fourth-order valence-corrected chi connectivity index (χ4v) is 3.19. The standard InChI is InChI=1S/C14H28F3N5O2S.HI/c1-18-13(20-7-8-21-25(2,23)24)19-6-3-12-4-9-22(10-5-12)11-14(15,16)17;/h12,21H,3-11H2,1-2H3,(H2,18,19,20);1H. The van der Waals surface area contributed by atoms with E-state index in [9.17, 15) is 21.6 Å². The maximum absolute atomic E-state index is 12.4. The van der Waals surface area contributed by atoms with Gasteiger partial charge in [0.05, 0.1) is 12.8 Å². The van der Waals surface area contributed by atoms with Crippen molar-refractivity contribution in [3.63, 3.8) is 0 Å². The van der Waals surface area contributed by atoms with E-state index in [0.29, 0.717) is 38.1 Å². The molecule has 26 heavy (non-hydrogen) atoms. The molecule has 3 N–H and O–H groups in total. The lowest BCUT2D eigenvalue weighted by atomic mass is 9.93. The average Bonchev–Trinajstić information content (AvgIpc) is 2.49. The fourth-order valence-electron chi connectivity index (χ4n) is 2.72. The van der Waals surface area contributed by atoms with Gasteiger partial charge in [-0.15, -0.1) is 24.0 Å². The molecule has 7 nitrogen and oxygen atoms in total. The second-order valence-electron chi connectivity index (χ2n) is 6.22. The number of piperidine rings is 1. The zero-order valence-electron chi connectivity index (χ0n) is 15.1. The van der Waals surface area contributed by atoms with E-state index in [4.69, 9.17) is 0 Å². The van der Waals surface area contributed by atoms with Crippen LogP contribution in [0.25, 0.3) is 0 Å². The number of nitrogens with one attached hydrogen (secondary N) is 3. The normalized spacial score (nSPS) is 17.7. The van der Waals surface area contributed by atoms with Crippen LogP contribution in [0, 0.1) is 5.92 Å². The van der Waals surface area contributed by atoms with Crippen LogP contribution in [-0.2, 0) is 10.0 Å². The molecule has 0 bridgehead atoms. The maximum atomic E-state index is 12.4. The lowest BCUT2D eigenvalue weighted by molar-refractivity contribution is -0.148. The first-order chi connectivity index (χ1) is 11.6. The van der Waals surface area contributed by atoms with Crippen LogP contribution < -0.4 is 15.4 Å². The zero-order valence-corrected chi connectivity index (χ0v) is 18.2. The molecule has 0 saturated carbocycles. The molecule has 12 heteroatoms. The van der Waals surface area contributed by atoms with Gasteiger partial charge in [-0.25, -0.2) is 13.1 Å². The molecule has 0 unspecified atom stereocenters. The van der Waals surface area contributed by atoms with E-state index >= 15 is 0 Å². The third kappa shape index (κ3) is 12.9. The number of likely N-dealkylation sites (tertiary alicyclic amines) is 1. The number of halogens is 4. The van der Waals surface area contributed by atoms with Crippen molar-refractivity contribution in [1.82, 2.24) is 20.3 Å². The largest absolute Gasteiger partial charge is 0.401 e. The van der Waals surface area contributed by atoms with E-state index in [-0.39, 0.29) is 30.5 Å². The summed E-state index contributed by atoms with van der Waals surface area (Å²) in [5, 5.41) is 6.12. The third-order valence-corrected chi connectivity index (χ3v) is 4.69. The van der Waals surface area contributed by atoms with Crippen molar-refractivity contribution in [2.24, 2.45) is 10.9 Å². The number of nitrogens with zero attached hydrogens (tertiary/aromatic N) is 2. The Morgan fingerprint density at radius 3 is 2.23 bits per heavy atom. The van der Waals surface area contributed by atoms with Crippen LogP contribution in [-0.4, -0.2) is 78.0 Å². The van der Waals surface area contributed by atoms with E-state index in [2.05, 4.69) is 20.3 Å². The summed E-state index contributed by atoms with van der Waals surface area (Å²) in [6.45, 7) is 1.47. The molecule has 1 saturated heterocycles. The van der Waals surface area contributed by atoms with Gasteiger partial charge in [0.15, 0.2) is 5.96 Å². The number of alkyl halides is 3. The highest BCUT2D eigenvalue weighted by atomic mass is 127. The Bertz CT molecular complexity index is 523. The van der Waals surface area contributed by atoms with Crippen molar-refractivity contribution in [1.29, 1.82) is 0 Å². The number of guanidine groups is 1. The molecule has 1 aliphatic heterocycles. The van der Waals surface area contributed by atoms with Gasteiger partial charge in [-0.1, -0.05) is 0 Å². The third-order valence-electron chi connectivity index (χ3n) is 3.96. The molecule has 0 spiro atoms. The van der Waals surface area contributed by atoms with Gasteiger partial charge in [0, 0.05) is 26.7 Å². The molecule has 1 heterocycles. The van der Waals surface area contributed by atoms with Gasteiger partial charge in [0.25, 0.3) is 0 Å². The lowest BCUT2D eigenvalue weighted by Crippen LogP contribution is -2.43. The predicted molar refractivity (Wildman–Crippen MR) is 107 cm³/mol. The monoisotopic (exact) mass is 515 g/mol. The lowest BCUT2D eigenvalue weighted by Gasteiger charge is -2.32. The van der Waals surface area contributed by atoms with Gasteiger partial charge in [0.2, 0.25) is 10.0 Å². The summed E-state index contributed by atoms with van der Waals surface area (Å²) in [5.74, 6) is 0.979. The summed E-state index contributed by atoms with van der Waals surface area (Å²) in [5.41, 5.74) is 0. The van der Waals surface area contributed by atoms with Crippen LogP contribution in [0.15, 0.2) is 4.99 Å². The van der Waals surface area contributed by atoms with Crippen LogP contribution in [0.2, 0.25) is 0 Å². The highest BCUT2D eigenvalue weighted by Crippen LogP contribution is 2.23. The summed E-state index contributed by atoms with van der Waals surface area (Å²) in [6.07, 6.45) is -0.634. The van der Waals surface area contributed by atoms with Crippen molar-refractivity contribution in [3.8, 4) is 0 Å². The van der Waals surface area contributed by atoms with Crippen LogP contribution in [0.3, 0.4) is 0 Å². The molecule has 1 aliphatic rings. The van der Waals surface area contributed by atoms with Gasteiger partial charge < -0.3 is 10.6 Å². The van der Waals surface area contributed by atoms with Gasteiger partial charge in [-0.05, 0) is 38.3 Å². The Balaban J connectivity index is 0.00000625. The topological polar surface area (TPSA) is 85.8 Å². The zero-order chi connectivity index (χ0) is 18.9. The summed E-state index contributed by atoms with van der Waals surface area (Å²) in [6, 6.07) is 0. The molecular weight excluding hydrogens is 486 g/mol. The minimum atomic E-state index is -4.13. The highest BCUT2D eigenvalue weighted by molar-refractivity contribution is 14.0. The van der Waals surface area contributed by atoms with Gasteiger partial charge in [0.1, 0.15) is 0 Å². The predicted octanol–water partition coefficient (Wildman–Crippen LogP) is 0.983. The van der Waals surface area contributed by atoms with Gasteiger partial charge in [-0.3, -0.25) is 9.89 Å². The first-order valence-corrected chi connectivity index (χ1v) is 10.2. The van der Waals surface area contributed by atoms with Crippen molar-refractivity contribution in [2.45, 2.75) is 25.4 Å². The van der Waals surface area contributed by atoms with Gasteiger partial charge in [-0.2, -0.15) is 13.2 Å². The number of sulfonamides is 1. The SMILES string of the molecule is CN=C(NCCNS(C)(=O)=O)NCCC1CCN(CC(F)(F)F)CC1.I. The second-order valence-corrected chi connectivity index (χ2v) is 8.05. The Labute approximate surface area is 170 Å². The van der Waals surface area contributed by atoms with Crippen molar-refractivity contribution >= 4 is 40.0 Å². The van der Waals surface area contributed by atoms with E-state index < -0.39 is 22.7 Å². The Kier molecular flexibility index (Phi) is 12.0. The average molecular weight is 515 g/mol. The summed E-state index contributed by atoms with van der Waals surface area (Å²) >= 11 is 0. The molecule has 0 aromatic rings. The van der Waals surface area contributed by atoms with Crippen molar-refractivity contribution in [3.05, 3.63) is 0 Å². The van der Waals surface area contributed by atoms with E-state index in [1.165, 1.54) is 4.90 Å². The first-order valence-electron chi connectivity index (χ1n) is 8.27. The second kappa shape index (κ2) is 12.2. The van der Waals surface area contributed by atoms with Crippen molar-refractivity contribution < 1.29 is 21.6 Å². The quantitative estimate of drug-likeness (QED) is 0.194. The highest BCUT2D eigenvalue weighted by Gasteiger charge is 2.32. The summed E-state index contributed by atoms with van der Waals surface area (Å²) in [4.78, 5) is 5.50. The molecule has 0 aliphatic carbocycles. The first kappa shape index (κ1) is 25.7. The Morgan fingerprint density at radius 1 is 1.15 bits per heavy atom. The molecule has 1 rings (SSSR count). The molecule has 0 radical (unpaired) electrons.